The van der Waals surface area contributed by atoms with E-state index in [1.807, 2.05) is 36.7 Å². The van der Waals surface area contributed by atoms with Gasteiger partial charge in [-0.25, -0.2) is 9.97 Å². The molecule has 0 radical (unpaired) electrons. The standard InChI is InChI=1S/C28H24N8O/c1-2-6-20(7-3-1)37-21-11-18(14-30-16-21)19-12-22-25(35-36-27(22)32-15-19)28-33-23-8-10-31-24(26(23)34-28)17-5-4-9-29-13-17/h4-5,8-16,20H,1-3,6-7H2,(H,33,34)(H,32,35,36). The first-order valence-electron chi connectivity index (χ1n) is 12.5. The Morgan fingerprint density at radius 2 is 1.70 bits per heavy atom. The van der Waals surface area contributed by atoms with Gasteiger partial charge in [-0.05, 0) is 56.0 Å². The molecule has 0 atom stereocenters. The molecular weight excluding hydrogens is 464 g/mol. The van der Waals surface area contributed by atoms with Crippen LogP contribution in [0, 0.1) is 0 Å². The van der Waals surface area contributed by atoms with Gasteiger partial charge in [-0.3, -0.25) is 20.1 Å². The third-order valence-corrected chi connectivity index (χ3v) is 6.88. The molecule has 9 heteroatoms. The van der Waals surface area contributed by atoms with Gasteiger partial charge in [0.25, 0.3) is 0 Å². The van der Waals surface area contributed by atoms with Crippen LogP contribution in [0.3, 0.4) is 0 Å². The molecule has 37 heavy (non-hydrogen) atoms. The summed E-state index contributed by atoms with van der Waals surface area (Å²) in [6, 6.07) is 9.88. The summed E-state index contributed by atoms with van der Waals surface area (Å²) < 4.78 is 6.24. The van der Waals surface area contributed by atoms with Crippen LogP contribution >= 0.6 is 0 Å². The fraction of sp³-hybridized carbons (Fsp3) is 0.214. The Kier molecular flexibility index (Phi) is 5.31. The largest absolute Gasteiger partial charge is 0.489 e. The number of pyridine rings is 4. The Hall–Kier alpha value is -4.66. The van der Waals surface area contributed by atoms with Gasteiger partial charge in [-0.2, -0.15) is 5.10 Å². The van der Waals surface area contributed by atoms with E-state index in [0.29, 0.717) is 17.2 Å². The summed E-state index contributed by atoms with van der Waals surface area (Å²) in [5.41, 5.74) is 6.58. The summed E-state index contributed by atoms with van der Waals surface area (Å²) in [7, 11) is 0. The van der Waals surface area contributed by atoms with Crippen LogP contribution in [0.4, 0.5) is 0 Å². The minimum atomic E-state index is 0.269. The highest BCUT2D eigenvalue weighted by Gasteiger charge is 2.18. The van der Waals surface area contributed by atoms with E-state index in [9.17, 15) is 0 Å². The molecular formula is C28H24N8O. The van der Waals surface area contributed by atoms with Crippen molar-refractivity contribution in [2.24, 2.45) is 0 Å². The third kappa shape index (κ3) is 4.08. The SMILES string of the molecule is c1cncc(-c2nccc3[nH]c(-c4n[nH]c5ncc(-c6cncc(OC7CCCCC7)c6)cc45)nc23)c1. The number of imidazole rings is 1. The van der Waals surface area contributed by atoms with Crippen molar-refractivity contribution in [3.05, 3.63) is 67.5 Å². The van der Waals surface area contributed by atoms with Gasteiger partial charge in [-0.1, -0.05) is 6.42 Å². The first kappa shape index (κ1) is 21.6. The molecule has 0 saturated heterocycles. The smallest absolute Gasteiger partial charge is 0.159 e. The van der Waals surface area contributed by atoms with Crippen molar-refractivity contribution in [1.82, 2.24) is 40.1 Å². The molecule has 6 heterocycles. The molecule has 0 bridgehead atoms. The molecule has 0 aliphatic heterocycles. The molecule has 7 rings (SSSR count). The molecule has 0 aromatic carbocycles. The number of fused-ring (bicyclic) bond motifs is 2. The first-order valence-corrected chi connectivity index (χ1v) is 12.5. The number of nitrogens with zero attached hydrogens (tertiary/aromatic N) is 6. The van der Waals surface area contributed by atoms with Gasteiger partial charge in [0.15, 0.2) is 11.5 Å². The second-order valence-electron chi connectivity index (χ2n) is 9.36. The molecule has 6 aromatic rings. The highest BCUT2D eigenvalue weighted by molar-refractivity contribution is 5.96. The van der Waals surface area contributed by atoms with Crippen LogP contribution in [0.2, 0.25) is 0 Å². The molecule has 2 N–H and O–H groups in total. The summed E-state index contributed by atoms with van der Waals surface area (Å²) in [5, 5.41) is 8.44. The Morgan fingerprint density at radius 3 is 2.59 bits per heavy atom. The van der Waals surface area contributed by atoms with E-state index in [-0.39, 0.29) is 6.10 Å². The van der Waals surface area contributed by atoms with Crippen molar-refractivity contribution in [3.8, 4) is 39.7 Å². The second kappa shape index (κ2) is 9.09. The lowest BCUT2D eigenvalue weighted by Crippen LogP contribution is -2.19. The number of aromatic nitrogens is 8. The lowest BCUT2D eigenvalue weighted by molar-refractivity contribution is 0.154. The number of H-pyrrole nitrogens is 2. The van der Waals surface area contributed by atoms with Crippen LogP contribution in [0.5, 0.6) is 5.75 Å². The van der Waals surface area contributed by atoms with Crippen LogP contribution < -0.4 is 4.74 Å². The predicted octanol–water partition coefficient (Wildman–Crippen LogP) is 5.73. The van der Waals surface area contributed by atoms with Gasteiger partial charge in [0.05, 0.1) is 28.9 Å². The Labute approximate surface area is 212 Å². The molecule has 6 aromatic heterocycles. The summed E-state index contributed by atoms with van der Waals surface area (Å²) in [5.74, 6) is 1.44. The predicted molar refractivity (Wildman–Crippen MR) is 141 cm³/mol. The normalized spacial score (nSPS) is 14.4. The topological polar surface area (TPSA) is 118 Å². The monoisotopic (exact) mass is 488 g/mol. The Morgan fingerprint density at radius 1 is 0.811 bits per heavy atom. The number of ether oxygens (including phenoxy) is 1. The van der Waals surface area contributed by atoms with Gasteiger partial charge in [-0.15, -0.1) is 0 Å². The molecule has 1 fully saturated rings. The van der Waals surface area contributed by atoms with E-state index < -0.39 is 0 Å². The Balaban J connectivity index is 1.26. The van der Waals surface area contributed by atoms with E-state index >= 15 is 0 Å². The van der Waals surface area contributed by atoms with E-state index in [2.05, 4.69) is 41.2 Å². The summed E-state index contributed by atoms with van der Waals surface area (Å²) >= 11 is 0. The molecule has 0 spiro atoms. The summed E-state index contributed by atoms with van der Waals surface area (Å²) in [6.07, 6.45) is 17.0. The van der Waals surface area contributed by atoms with E-state index in [0.717, 1.165) is 57.4 Å². The number of aromatic amines is 2. The fourth-order valence-corrected chi connectivity index (χ4v) is 5.02. The zero-order chi connectivity index (χ0) is 24.6. The first-order chi connectivity index (χ1) is 18.3. The molecule has 9 nitrogen and oxygen atoms in total. The van der Waals surface area contributed by atoms with E-state index in [4.69, 9.17) is 9.72 Å². The van der Waals surface area contributed by atoms with Crippen molar-refractivity contribution < 1.29 is 4.74 Å². The van der Waals surface area contributed by atoms with Crippen molar-refractivity contribution >= 4 is 22.1 Å². The second-order valence-corrected chi connectivity index (χ2v) is 9.36. The molecule has 1 aliphatic carbocycles. The maximum Gasteiger partial charge on any atom is 0.159 e. The van der Waals surface area contributed by atoms with E-state index in [1.54, 1.807) is 24.8 Å². The number of rotatable bonds is 5. The third-order valence-electron chi connectivity index (χ3n) is 6.88. The van der Waals surface area contributed by atoms with Gasteiger partial charge < -0.3 is 9.72 Å². The van der Waals surface area contributed by atoms with Crippen LogP contribution in [0.15, 0.2) is 67.5 Å². The van der Waals surface area contributed by atoms with Gasteiger partial charge in [0.2, 0.25) is 0 Å². The summed E-state index contributed by atoms with van der Waals surface area (Å²) in [6.45, 7) is 0. The van der Waals surface area contributed by atoms with Crippen molar-refractivity contribution in [2.75, 3.05) is 0 Å². The van der Waals surface area contributed by atoms with Crippen molar-refractivity contribution in [3.63, 3.8) is 0 Å². The van der Waals surface area contributed by atoms with Gasteiger partial charge in [0.1, 0.15) is 17.0 Å². The maximum absolute atomic E-state index is 6.24. The molecule has 0 amide bonds. The highest BCUT2D eigenvalue weighted by atomic mass is 16.5. The molecule has 1 aliphatic rings. The van der Waals surface area contributed by atoms with Crippen molar-refractivity contribution in [2.45, 2.75) is 38.2 Å². The molecule has 1 saturated carbocycles. The zero-order valence-corrected chi connectivity index (χ0v) is 20.1. The minimum absolute atomic E-state index is 0.269. The van der Waals surface area contributed by atoms with Crippen LogP contribution in [-0.4, -0.2) is 46.2 Å². The number of hydrogen-bond donors (Lipinski definition) is 2. The molecule has 182 valence electrons. The average molecular weight is 489 g/mol. The van der Waals surface area contributed by atoms with Crippen molar-refractivity contribution in [1.29, 1.82) is 0 Å². The lowest BCUT2D eigenvalue weighted by atomic mass is 9.98. The average Bonchev–Trinajstić information content (AvgIpc) is 3.58. The van der Waals surface area contributed by atoms with Gasteiger partial charge >= 0.3 is 0 Å². The number of hydrogen-bond acceptors (Lipinski definition) is 7. The minimum Gasteiger partial charge on any atom is -0.489 e. The Bertz CT molecular complexity index is 1700. The zero-order valence-electron chi connectivity index (χ0n) is 20.1. The highest BCUT2D eigenvalue weighted by Crippen LogP contribution is 2.32. The number of nitrogens with one attached hydrogen (secondary N) is 2. The fourth-order valence-electron chi connectivity index (χ4n) is 5.02. The van der Waals surface area contributed by atoms with E-state index in [1.165, 1.54) is 19.3 Å². The van der Waals surface area contributed by atoms with Crippen LogP contribution in [0.25, 0.3) is 56.0 Å². The lowest BCUT2D eigenvalue weighted by Gasteiger charge is -2.23. The quantitative estimate of drug-likeness (QED) is 0.318. The summed E-state index contributed by atoms with van der Waals surface area (Å²) in [4.78, 5) is 26.1. The molecule has 0 unspecified atom stereocenters. The van der Waals surface area contributed by atoms with Gasteiger partial charge in [0, 0.05) is 47.7 Å². The van der Waals surface area contributed by atoms with Crippen LogP contribution in [-0.2, 0) is 0 Å². The maximum atomic E-state index is 6.24. The van der Waals surface area contributed by atoms with Crippen LogP contribution in [0.1, 0.15) is 32.1 Å².